The molecule has 0 saturated heterocycles. The Morgan fingerprint density at radius 3 is 2.94 bits per heavy atom. The second-order valence-electron chi connectivity index (χ2n) is 3.37. The van der Waals surface area contributed by atoms with Crippen molar-refractivity contribution in [2.75, 3.05) is 20.3 Å². The van der Waals surface area contributed by atoms with Crippen LogP contribution in [0.3, 0.4) is 0 Å². The summed E-state index contributed by atoms with van der Waals surface area (Å²) in [6.07, 6.45) is 2.32. The number of ether oxygens (including phenoxy) is 1. The summed E-state index contributed by atoms with van der Waals surface area (Å²) < 4.78 is 4.92. The van der Waals surface area contributed by atoms with Gasteiger partial charge in [0.2, 0.25) is 0 Å². The smallest absolute Gasteiger partial charge is 0.337 e. The first kappa shape index (κ1) is 12.6. The highest BCUT2D eigenvalue weighted by Crippen LogP contribution is 1.99. The van der Waals surface area contributed by atoms with E-state index >= 15 is 0 Å². The van der Waals surface area contributed by atoms with Gasteiger partial charge in [-0.2, -0.15) is 0 Å². The zero-order chi connectivity index (χ0) is 11.8. The zero-order valence-electron chi connectivity index (χ0n) is 9.27. The maximum atomic E-state index is 10.6. The van der Waals surface area contributed by atoms with Gasteiger partial charge < -0.3 is 15.2 Å². The number of nitrogens with one attached hydrogen (secondary N) is 1. The molecule has 0 saturated carbocycles. The molecule has 0 radical (unpaired) electrons. The van der Waals surface area contributed by atoms with Crippen molar-refractivity contribution in [2.24, 2.45) is 0 Å². The van der Waals surface area contributed by atoms with Crippen LogP contribution >= 0.6 is 0 Å². The summed E-state index contributed by atoms with van der Waals surface area (Å²) >= 11 is 0. The topological polar surface area (TPSA) is 71.5 Å². The zero-order valence-corrected chi connectivity index (χ0v) is 9.27. The summed E-state index contributed by atoms with van der Waals surface area (Å²) in [5.41, 5.74) is 1.05. The van der Waals surface area contributed by atoms with Crippen LogP contribution in [-0.2, 0) is 11.3 Å². The molecule has 5 heteroatoms. The van der Waals surface area contributed by atoms with Crippen molar-refractivity contribution in [2.45, 2.75) is 13.0 Å². The fraction of sp³-hybridized carbons (Fsp3) is 0.455. The van der Waals surface area contributed by atoms with Crippen molar-refractivity contribution in [3.8, 4) is 0 Å². The van der Waals surface area contributed by atoms with Crippen molar-refractivity contribution in [3.63, 3.8) is 0 Å². The Bertz CT molecular complexity index is 325. The second-order valence-corrected chi connectivity index (χ2v) is 3.37. The number of hydrogen-bond acceptors (Lipinski definition) is 4. The Labute approximate surface area is 94.5 Å². The number of carbonyl (C=O) groups is 1. The molecule has 0 fully saturated rings. The third-order valence-electron chi connectivity index (χ3n) is 2.08. The van der Waals surface area contributed by atoms with Crippen LogP contribution in [0.4, 0.5) is 0 Å². The van der Waals surface area contributed by atoms with Gasteiger partial charge >= 0.3 is 5.97 Å². The Morgan fingerprint density at radius 2 is 2.38 bits per heavy atom. The number of nitrogens with zero attached hydrogens (tertiary/aromatic N) is 1. The molecule has 1 aromatic rings. The van der Waals surface area contributed by atoms with Crippen LogP contribution < -0.4 is 5.32 Å². The normalized spacial score (nSPS) is 10.3. The highest BCUT2D eigenvalue weighted by atomic mass is 16.5. The first-order valence-corrected chi connectivity index (χ1v) is 5.12. The largest absolute Gasteiger partial charge is 0.478 e. The lowest BCUT2D eigenvalue weighted by molar-refractivity contribution is 0.0696. The van der Waals surface area contributed by atoms with Crippen LogP contribution in [0.5, 0.6) is 0 Å². The number of hydrogen-bond donors (Lipinski definition) is 2. The standard InChI is InChI=1S/C11H16N2O3/c1-16-6-2-5-12-8-10-4-3-9(7-13-10)11(14)15/h3-4,7,12H,2,5-6,8H2,1H3,(H,14,15). The number of aromatic nitrogens is 1. The van der Waals surface area contributed by atoms with Gasteiger partial charge in [0.1, 0.15) is 0 Å². The predicted molar refractivity (Wildman–Crippen MR) is 59.4 cm³/mol. The monoisotopic (exact) mass is 224 g/mol. The molecule has 16 heavy (non-hydrogen) atoms. The van der Waals surface area contributed by atoms with E-state index in [9.17, 15) is 4.79 Å². The molecule has 0 spiro atoms. The van der Waals surface area contributed by atoms with Gasteiger partial charge in [0, 0.05) is 26.5 Å². The molecule has 0 aliphatic carbocycles. The summed E-state index contributed by atoms with van der Waals surface area (Å²) in [6, 6.07) is 3.27. The summed E-state index contributed by atoms with van der Waals surface area (Å²) in [5, 5.41) is 11.9. The molecule has 0 aliphatic rings. The molecule has 0 aliphatic heterocycles. The van der Waals surface area contributed by atoms with Gasteiger partial charge in [-0.1, -0.05) is 0 Å². The third kappa shape index (κ3) is 4.37. The van der Waals surface area contributed by atoms with Crippen LogP contribution in [0.1, 0.15) is 22.5 Å². The third-order valence-corrected chi connectivity index (χ3v) is 2.08. The van der Waals surface area contributed by atoms with E-state index < -0.39 is 5.97 Å². The summed E-state index contributed by atoms with van der Waals surface area (Å²) in [6.45, 7) is 2.23. The molecule has 0 atom stereocenters. The molecule has 0 amide bonds. The lowest BCUT2D eigenvalue weighted by atomic mass is 10.2. The van der Waals surface area contributed by atoms with Crippen LogP contribution in [0.15, 0.2) is 18.3 Å². The fourth-order valence-electron chi connectivity index (χ4n) is 1.21. The van der Waals surface area contributed by atoms with Crippen molar-refractivity contribution < 1.29 is 14.6 Å². The maximum absolute atomic E-state index is 10.6. The van der Waals surface area contributed by atoms with E-state index in [0.29, 0.717) is 6.54 Å². The number of pyridine rings is 1. The van der Waals surface area contributed by atoms with E-state index in [1.807, 2.05) is 0 Å². The summed E-state index contributed by atoms with van der Waals surface area (Å²) in [5.74, 6) is -0.952. The molecule has 1 aromatic heterocycles. The van der Waals surface area contributed by atoms with E-state index in [1.54, 1.807) is 19.2 Å². The Hall–Kier alpha value is -1.46. The molecule has 2 N–H and O–H groups in total. The van der Waals surface area contributed by atoms with Gasteiger partial charge in [-0.3, -0.25) is 4.98 Å². The lowest BCUT2D eigenvalue weighted by Gasteiger charge is -2.04. The van der Waals surface area contributed by atoms with Gasteiger partial charge in [0.25, 0.3) is 0 Å². The number of methoxy groups -OCH3 is 1. The van der Waals surface area contributed by atoms with E-state index in [0.717, 1.165) is 25.3 Å². The molecule has 88 valence electrons. The fourth-order valence-corrected chi connectivity index (χ4v) is 1.21. The van der Waals surface area contributed by atoms with Gasteiger partial charge in [-0.05, 0) is 25.1 Å². The van der Waals surface area contributed by atoms with Crippen molar-refractivity contribution in [3.05, 3.63) is 29.6 Å². The first-order valence-electron chi connectivity index (χ1n) is 5.12. The van der Waals surface area contributed by atoms with Gasteiger partial charge in [0.15, 0.2) is 0 Å². The van der Waals surface area contributed by atoms with Gasteiger partial charge in [-0.15, -0.1) is 0 Å². The average molecular weight is 224 g/mol. The van der Waals surface area contributed by atoms with Crippen molar-refractivity contribution >= 4 is 5.97 Å². The quantitative estimate of drug-likeness (QED) is 0.673. The molecule has 1 rings (SSSR count). The van der Waals surface area contributed by atoms with Gasteiger partial charge in [0.05, 0.1) is 11.3 Å². The molecular formula is C11H16N2O3. The SMILES string of the molecule is COCCCNCc1ccc(C(=O)O)cn1. The number of aromatic carboxylic acids is 1. The van der Waals surface area contributed by atoms with Crippen LogP contribution in [0.25, 0.3) is 0 Å². The minimum Gasteiger partial charge on any atom is -0.478 e. The van der Waals surface area contributed by atoms with E-state index in [4.69, 9.17) is 9.84 Å². The Morgan fingerprint density at radius 1 is 1.56 bits per heavy atom. The van der Waals surface area contributed by atoms with Crippen molar-refractivity contribution in [1.82, 2.24) is 10.3 Å². The van der Waals surface area contributed by atoms with Crippen LogP contribution in [0, 0.1) is 0 Å². The highest BCUT2D eigenvalue weighted by Gasteiger charge is 2.02. The molecule has 0 unspecified atom stereocenters. The Kier molecular flexibility index (Phi) is 5.45. The minimum absolute atomic E-state index is 0.211. The number of carboxylic acids is 1. The molecule has 0 bridgehead atoms. The molecule has 5 nitrogen and oxygen atoms in total. The maximum Gasteiger partial charge on any atom is 0.337 e. The number of carboxylic acid groups (broad SMARTS) is 1. The second kappa shape index (κ2) is 6.92. The lowest BCUT2D eigenvalue weighted by Crippen LogP contribution is -2.17. The van der Waals surface area contributed by atoms with Crippen LogP contribution in [-0.4, -0.2) is 36.3 Å². The van der Waals surface area contributed by atoms with Crippen molar-refractivity contribution in [1.29, 1.82) is 0 Å². The van der Waals surface area contributed by atoms with Gasteiger partial charge in [-0.25, -0.2) is 4.79 Å². The van der Waals surface area contributed by atoms with E-state index in [1.165, 1.54) is 6.20 Å². The van der Waals surface area contributed by atoms with E-state index in [-0.39, 0.29) is 5.56 Å². The van der Waals surface area contributed by atoms with Crippen LogP contribution in [0.2, 0.25) is 0 Å². The Balaban J connectivity index is 2.29. The molecule has 1 heterocycles. The summed E-state index contributed by atoms with van der Waals surface area (Å²) in [7, 11) is 1.67. The molecular weight excluding hydrogens is 208 g/mol. The minimum atomic E-state index is -0.952. The molecule has 0 aromatic carbocycles. The van der Waals surface area contributed by atoms with E-state index in [2.05, 4.69) is 10.3 Å². The average Bonchev–Trinajstić information content (AvgIpc) is 2.29. The summed E-state index contributed by atoms with van der Waals surface area (Å²) in [4.78, 5) is 14.6. The number of rotatable bonds is 7. The highest BCUT2D eigenvalue weighted by molar-refractivity contribution is 5.87. The predicted octanol–water partition coefficient (Wildman–Crippen LogP) is 0.906. The first-order chi connectivity index (χ1) is 7.74.